The minimum atomic E-state index is -0.467. The number of amides is 2. The van der Waals surface area contributed by atoms with E-state index in [1.165, 1.54) is 24.3 Å². The third kappa shape index (κ3) is 4.17. The monoisotopic (exact) mass is 395 g/mol. The minimum absolute atomic E-state index is 0.0683. The van der Waals surface area contributed by atoms with Crippen LogP contribution in [0.25, 0.3) is 11.3 Å². The number of carbonyl (C=O) groups excluding carboxylic acids is 2. The molecule has 0 atom stereocenters. The fraction of sp³-hybridized carbons (Fsp3) is 0.190. The SMILES string of the molecule is O=C(Nc1ccc(C(=O)N2CCOCC2)cc1)c1ncoc1-c1ccc(F)cc1. The summed E-state index contributed by atoms with van der Waals surface area (Å²) in [6.07, 6.45) is 1.16. The number of hydrogen-bond donors (Lipinski definition) is 1. The number of benzene rings is 2. The summed E-state index contributed by atoms with van der Waals surface area (Å²) in [5.41, 5.74) is 1.69. The molecule has 148 valence electrons. The van der Waals surface area contributed by atoms with Crippen LogP contribution in [0.4, 0.5) is 10.1 Å². The van der Waals surface area contributed by atoms with Gasteiger partial charge in [0.15, 0.2) is 17.8 Å². The largest absolute Gasteiger partial charge is 0.443 e. The second-order valence-corrected chi connectivity index (χ2v) is 6.47. The maximum atomic E-state index is 13.1. The predicted octanol–water partition coefficient (Wildman–Crippen LogP) is 3.21. The van der Waals surface area contributed by atoms with Gasteiger partial charge in [-0.1, -0.05) is 0 Å². The molecule has 0 bridgehead atoms. The number of ether oxygens (including phenoxy) is 1. The van der Waals surface area contributed by atoms with E-state index in [-0.39, 0.29) is 23.2 Å². The van der Waals surface area contributed by atoms with Crippen molar-refractivity contribution in [2.45, 2.75) is 0 Å². The molecule has 0 radical (unpaired) electrons. The van der Waals surface area contributed by atoms with Gasteiger partial charge in [0.25, 0.3) is 11.8 Å². The molecule has 2 heterocycles. The van der Waals surface area contributed by atoms with Gasteiger partial charge in [-0.15, -0.1) is 0 Å². The summed E-state index contributed by atoms with van der Waals surface area (Å²) in [5.74, 6) is -0.667. The van der Waals surface area contributed by atoms with Crippen molar-refractivity contribution >= 4 is 17.5 Å². The third-order valence-corrected chi connectivity index (χ3v) is 4.58. The van der Waals surface area contributed by atoms with E-state index < -0.39 is 5.91 Å². The Labute approximate surface area is 166 Å². The highest BCUT2D eigenvalue weighted by molar-refractivity contribution is 6.06. The van der Waals surface area contributed by atoms with Crippen LogP contribution in [0.1, 0.15) is 20.8 Å². The van der Waals surface area contributed by atoms with Crippen LogP contribution in [0, 0.1) is 5.82 Å². The van der Waals surface area contributed by atoms with E-state index in [1.54, 1.807) is 29.2 Å². The van der Waals surface area contributed by atoms with Crippen LogP contribution in [0.15, 0.2) is 59.3 Å². The van der Waals surface area contributed by atoms with Gasteiger partial charge in [0, 0.05) is 29.9 Å². The summed E-state index contributed by atoms with van der Waals surface area (Å²) in [6.45, 7) is 2.20. The van der Waals surface area contributed by atoms with E-state index in [0.717, 1.165) is 6.39 Å². The molecule has 1 fully saturated rings. The zero-order valence-electron chi connectivity index (χ0n) is 15.4. The summed E-state index contributed by atoms with van der Waals surface area (Å²) < 4.78 is 23.7. The molecule has 4 rings (SSSR count). The Bertz CT molecular complexity index is 1010. The molecule has 8 heteroatoms. The second-order valence-electron chi connectivity index (χ2n) is 6.47. The van der Waals surface area contributed by atoms with E-state index in [9.17, 15) is 14.0 Å². The van der Waals surface area contributed by atoms with Gasteiger partial charge in [-0.2, -0.15) is 0 Å². The van der Waals surface area contributed by atoms with Crippen molar-refractivity contribution in [3.8, 4) is 11.3 Å². The smallest absolute Gasteiger partial charge is 0.278 e. The van der Waals surface area contributed by atoms with E-state index in [4.69, 9.17) is 9.15 Å². The van der Waals surface area contributed by atoms with Gasteiger partial charge in [-0.25, -0.2) is 9.37 Å². The summed E-state index contributed by atoms with van der Waals surface area (Å²) in [6, 6.07) is 12.2. The van der Waals surface area contributed by atoms with Crippen LogP contribution < -0.4 is 5.32 Å². The molecular weight excluding hydrogens is 377 g/mol. The molecule has 1 saturated heterocycles. The topological polar surface area (TPSA) is 84.7 Å². The normalized spacial score (nSPS) is 13.9. The molecule has 7 nitrogen and oxygen atoms in total. The van der Waals surface area contributed by atoms with Crippen LogP contribution in [0.2, 0.25) is 0 Å². The molecule has 2 aromatic carbocycles. The number of rotatable bonds is 4. The zero-order chi connectivity index (χ0) is 20.2. The molecular formula is C21H18FN3O4. The number of anilines is 1. The average Bonchev–Trinajstić information content (AvgIpc) is 3.25. The maximum Gasteiger partial charge on any atom is 0.278 e. The first-order valence-corrected chi connectivity index (χ1v) is 9.10. The third-order valence-electron chi connectivity index (χ3n) is 4.58. The maximum absolute atomic E-state index is 13.1. The Hall–Kier alpha value is -3.52. The standard InChI is InChI=1S/C21H18FN3O4/c22-16-5-1-14(2-6-16)19-18(23-13-29-19)20(26)24-17-7-3-15(4-8-17)21(27)25-9-11-28-12-10-25/h1-8,13H,9-12H2,(H,24,26). The molecule has 2 amide bonds. The van der Waals surface area contributed by atoms with Gasteiger partial charge >= 0.3 is 0 Å². The van der Waals surface area contributed by atoms with E-state index in [1.807, 2.05) is 0 Å². The summed E-state index contributed by atoms with van der Waals surface area (Å²) in [4.78, 5) is 30.8. The van der Waals surface area contributed by atoms with Gasteiger partial charge in [0.1, 0.15) is 5.82 Å². The number of oxazole rings is 1. The van der Waals surface area contributed by atoms with Gasteiger partial charge < -0.3 is 19.4 Å². The number of hydrogen-bond acceptors (Lipinski definition) is 5. The Morgan fingerprint density at radius 2 is 1.69 bits per heavy atom. The molecule has 29 heavy (non-hydrogen) atoms. The Kier molecular flexibility index (Phi) is 5.35. The lowest BCUT2D eigenvalue weighted by atomic mass is 10.1. The number of morpholine rings is 1. The van der Waals surface area contributed by atoms with Crippen molar-refractivity contribution in [1.29, 1.82) is 0 Å². The highest BCUT2D eigenvalue weighted by atomic mass is 19.1. The molecule has 1 N–H and O–H groups in total. The fourth-order valence-corrected chi connectivity index (χ4v) is 3.05. The van der Waals surface area contributed by atoms with Crippen molar-refractivity contribution < 1.29 is 23.1 Å². The van der Waals surface area contributed by atoms with Gasteiger partial charge in [-0.05, 0) is 48.5 Å². The lowest BCUT2D eigenvalue weighted by Gasteiger charge is -2.26. The lowest BCUT2D eigenvalue weighted by Crippen LogP contribution is -2.40. The summed E-state index contributed by atoms with van der Waals surface area (Å²) in [7, 11) is 0. The van der Waals surface area contributed by atoms with Crippen LogP contribution >= 0.6 is 0 Å². The quantitative estimate of drug-likeness (QED) is 0.733. The molecule has 1 aliphatic heterocycles. The first-order valence-electron chi connectivity index (χ1n) is 9.10. The van der Waals surface area contributed by atoms with Crippen molar-refractivity contribution in [2.75, 3.05) is 31.6 Å². The highest BCUT2D eigenvalue weighted by Gasteiger charge is 2.20. The molecule has 1 aromatic heterocycles. The number of halogens is 1. The van der Waals surface area contributed by atoms with Crippen molar-refractivity contribution in [2.24, 2.45) is 0 Å². The summed E-state index contributed by atoms with van der Waals surface area (Å²) in [5, 5.41) is 2.73. The van der Waals surface area contributed by atoms with Crippen molar-refractivity contribution in [3.63, 3.8) is 0 Å². The first-order chi connectivity index (χ1) is 14.1. The van der Waals surface area contributed by atoms with Gasteiger partial charge in [0.05, 0.1) is 13.2 Å². The Morgan fingerprint density at radius 1 is 1.00 bits per heavy atom. The average molecular weight is 395 g/mol. The predicted molar refractivity (Wildman–Crippen MR) is 103 cm³/mol. The van der Waals surface area contributed by atoms with Crippen molar-refractivity contribution in [3.05, 3.63) is 72.0 Å². The highest BCUT2D eigenvalue weighted by Crippen LogP contribution is 2.24. The van der Waals surface area contributed by atoms with E-state index in [2.05, 4.69) is 10.3 Å². The van der Waals surface area contributed by atoms with Crippen LogP contribution in [0.5, 0.6) is 0 Å². The Morgan fingerprint density at radius 3 is 2.38 bits per heavy atom. The van der Waals surface area contributed by atoms with Crippen molar-refractivity contribution in [1.82, 2.24) is 9.88 Å². The molecule has 1 aliphatic rings. The number of aromatic nitrogens is 1. The number of nitrogens with zero attached hydrogens (tertiary/aromatic N) is 2. The minimum Gasteiger partial charge on any atom is -0.443 e. The first kappa shape index (κ1) is 18.8. The second kappa shape index (κ2) is 8.24. The van der Waals surface area contributed by atoms with Crippen LogP contribution in [-0.4, -0.2) is 48.0 Å². The molecule has 3 aromatic rings. The lowest BCUT2D eigenvalue weighted by molar-refractivity contribution is 0.0303. The number of carbonyl (C=O) groups is 2. The van der Waals surface area contributed by atoms with E-state index >= 15 is 0 Å². The number of nitrogens with one attached hydrogen (secondary N) is 1. The molecule has 0 spiro atoms. The Balaban J connectivity index is 1.46. The molecule has 0 unspecified atom stereocenters. The summed E-state index contributed by atoms with van der Waals surface area (Å²) >= 11 is 0. The molecule has 0 saturated carbocycles. The van der Waals surface area contributed by atoms with Gasteiger partial charge in [0.2, 0.25) is 0 Å². The van der Waals surface area contributed by atoms with E-state index in [0.29, 0.717) is 43.1 Å². The zero-order valence-corrected chi connectivity index (χ0v) is 15.4. The van der Waals surface area contributed by atoms with Gasteiger partial charge in [-0.3, -0.25) is 9.59 Å². The fourth-order valence-electron chi connectivity index (χ4n) is 3.05. The van der Waals surface area contributed by atoms with Crippen LogP contribution in [0.3, 0.4) is 0 Å². The van der Waals surface area contributed by atoms with Crippen LogP contribution in [-0.2, 0) is 4.74 Å². The molecule has 0 aliphatic carbocycles.